The van der Waals surface area contributed by atoms with E-state index in [1.54, 1.807) is 7.11 Å². The number of rotatable bonds is 4. The summed E-state index contributed by atoms with van der Waals surface area (Å²) in [7, 11) is 1.57. The van der Waals surface area contributed by atoms with Crippen LogP contribution in [0.15, 0.2) is 0 Å². The Bertz CT molecular complexity index is 208. The molecule has 0 aromatic heterocycles. The van der Waals surface area contributed by atoms with Crippen molar-refractivity contribution in [2.75, 3.05) is 13.7 Å². The Morgan fingerprint density at radius 3 is 2.31 bits per heavy atom. The van der Waals surface area contributed by atoms with Gasteiger partial charge in [0.25, 0.3) is 0 Å². The van der Waals surface area contributed by atoms with Gasteiger partial charge in [-0.3, -0.25) is 0 Å². The molecule has 0 bridgehead atoms. The van der Waals surface area contributed by atoms with E-state index in [1.165, 1.54) is 0 Å². The maximum absolute atomic E-state index is 12.4. The molecular formula is C11H19F3O2. The molecule has 0 radical (unpaired) electrons. The second-order valence-electron chi connectivity index (χ2n) is 4.64. The first-order valence-electron chi connectivity index (χ1n) is 5.65. The van der Waals surface area contributed by atoms with E-state index in [9.17, 15) is 18.3 Å². The number of ether oxygens (including phenoxy) is 1. The smallest absolute Gasteiger partial charge is 0.390 e. The van der Waals surface area contributed by atoms with Crippen molar-refractivity contribution < 1.29 is 23.0 Å². The maximum atomic E-state index is 12.4. The average molecular weight is 240 g/mol. The van der Waals surface area contributed by atoms with Gasteiger partial charge in [-0.2, -0.15) is 13.2 Å². The highest BCUT2D eigenvalue weighted by Gasteiger charge is 2.44. The molecule has 1 fully saturated rings. The lowest BCUT2D eigenvalue weighted by Gasteiger charge is -2.36. The molecule has 0 atom stereocenters. The number of alkyl halides is 3. The van der Waals surface area contributed by atoms with E-state index in [2.05, 4.69) is 0 Å². The molecule has 0 amide bonds. The molecule has 0 unspecified atom stereocenters. The lowest BCUT2D eigenvalue weighted by atomic mass is 9.76. The molecule has 0 saturated heterocycles. The second-order valence-corrected chi connectivity index (χ2v) is 4.64. The average Bonchev–Trinajstić information content (AvgIpc) is 2.17. The molecule has 0 aromatic rings. The fourth-order valence-corrected chi connectivity index (χ4v) is 2.28. The zero-order valence-corrected chi connectivity index (χ0v) is 9.52. The van der Waals surface area contributed by atoms with Crippen molar-refractivity contribution in [3.05, 3.63) is 0 Å². The Hall–Kier alpha value is -0.290. The van der Waals surface area contributed by atoms with Gasteiger partial charge in [0.05, 0.1) is 11.5 Å². The molecule has 1 aliphatic rings. The van der Waals surface area contributed by atoms with Crippen molar-refractivity contribution in [3.8, 4) is 0 Å². The first kappa shape index (κ1) is 13.8. The van der Waals surface area contributed by atoms with Crippen LogP contribution in [-0.2, 0) is 4.74 Å². The van der Waals surface area contributed by atoms with Crippen molar-refractivity contribution >= 4 is 0 Å². The van der Waals surface area contributed by atoms with Gasteiger partial charge in [0.15, 0.2) is 0 Å². The highest BCUT2D eigenvalue weighted by Crippen LogP contribution is 2.42. The molecule has 1 rings (SSSR count). The number of hydrogen-bond acceptors (Lipinski definition) is 2. The van der Waals surface area contributed by atoms with E-state index in [-0.39, 0.29) is 25.7 Å². The number of hydrogen-bond donors (Lipinski definition) is 1. The summed E-state index contributed by atoms with van der Waals surface area (Å²) in [5, 5.41) is 10.1. The largest absolute Gasteiger partial charge is 0.391 e. The summed E-state index contributed by atoms with van der Waals surface area (Å²) in [5.41, 5.74) is -0.902. The molecule has 5 heteroatoms. The van der Waals surface area contributed by atoms with Crippen LogP contribution in [0.4, 0.5) is 13.2 Å². The van der Waals surface area contributed by atoms with E-state index in [1.807, 2.05) is 0 Å². The van der Waals surface area contributed by atoms with Crippen LogP contribution in [0.1, 0.15) is 38.5 Å². The summed E-state index contributed by atoms with van der Waals surface area (Å²) in [6.07, 6.45) is -2.27. The normalized spacial score (nSPS) is 31.7. The Morgan fingerprint density at radius 2 is 1.88 bits per heavy atom. The van der Waals surface area contributed by atoms with Gasteiger partial charge in [-0.1, -0.05) is 0 Å². The van der Waals surface area contributed by atoms with Gasteiger partial charge < -0.3 is 9.84 Å². The van der Waals surface area contributed by atoms with E-state index in [0.29, 0.717) is 19.4 Å². The fourth-order valence-electron chi connectivity index (χ4n) is 2.28. The van der Waals surface area contributed by atoms with Crippen molar-refractivity contribution in [1.29, 1.82) is 0 Å². The Balaban J connectivity index is 2.35. The predicted molar refractivity (Wildman–Crippen MR) is 54.1 cm³/mol. The van der Waals surface area contributed by atoms with Gasteiger partial charge in [0, 0.05) is 13.7 Å². The molecule has 16 heavy (non-hydrogen) atoms. The monoisotopic (exact) mass is 240 g/mol. The third-order valence-corrected chi connectivity index (χ3v) is 3.37. The van der Waals surface area contributed by atoms with Gasteiger partial charge in [-0.05, 0) is 38.5 Å². The SMILES string of the molecule is COCCCC1(O)CCC(C(F)(F)F)CC1. The lowest BCUT2D eigenvalue weighted by Crippen LogP contribution is -2.38. The van der Waals surface area contributed by atoms with Gasteiger partial charge >= 0.3 is 6.18 Å². The van der Waals surface area contributed by atoms with Crippen molar-refractivity contribution in [1.82, 2.24) is 0 Å². The summed E-state index contributed by atoms with van der Waals surface area (Å²) in [5.74, 6) is -1.23. The van der Waals surface area contributed by atoms with Crippen molar-refractivity contribution in [3.63, 3.8) is 0 Å². The Morgan fingerprint density at radius 1 is 1.31 bits per heavy atom. The van der Waals surface area contributed by atoms with Gasteiger partial charge in [-0.25, -0.2) is 0 Å². The third-order valence-electron chi connectivity index (χ3n) is 3.37. The van der Waals surface area contributed by atoms with E-state index in [0.717, 1.165) is 0 Å². The Kier molecular flexibility index (Phi) is 4.62. The molecule has 1 aliphatic carbocycles. The zero-order valence-electron chi connectivity index (χ0n) is 9.52. The zero-order chi connectivity index (χ0) is 12.2. The van der Waals surface area contributed by atoms with Crippen LogP contribution in [0, 0.1) is 5.92 Å². The molecule has 0 aliphatic heterocycles. The van der Waals surface area contributed by atoms with E-state index in [4.69, 9.17) is 4.74 Å². The van der Waals surface area contributed by atoms with Crippen LogP contribution in [-0.4, -0.2) is 30.6 Å². The minimum absolute atomic E-state index is 0.0486. The summed E-state index contributed by atoms with van der Waals surface area (Å²) in [6.45, 7) is 0.547. The molecule has 0 heterocycles. The minimum atomic E-state index is -4.10. The first-order valence-corrected chi connectivity index (χ1v) is 5.65. The second kappa shape index (κ2) is 5.36. The van der Waals surface area contributed by atoms with Crippen LogP contribution in [0.25, 0.3) is 0 Å². The molecule has 96 valence electrons. The van der Waals surface area contributed by atoms with Crippen LogP contribution in [0.3, 0.4) is 0 Å². The quantitative estimate of drug-likeness (QED) is 0.766. The molecule has 1 saturated carbocycles. The first-order chi connectivity index (χ1) is 7.37. The molecule has 0 spiro atoms. The van der Waals surface area contributed by atoms with Gasteiger partial charge in [0.2, 0.25) is 0 Å². The molecule has 0 aromatic carbocycles. The predicted octanol–water partition coefficient (Wildman–Crippen LogP) is 2.90. The lowest BCUT2D eigenvalue weighted by molar-refractivity contribution is -0.192. The van der Waals surface area contributed by atoms with Gasteiger partial charge in [-0.15, -0.1) is 0 Å². The van der Waals surface area contributed by atoms with Crippen molar-refractivity contribution in [2.45, 2.75) is 50.3 Å². The van der Waals surface area contributed by atoms with Crippen molar-refractivity contribution in [2.24, 2.45) is 5.92 Å². The maximum Gasteiger partial charge on any atom is 0.391 e. The molecule has 1 N–H and O–H groups in total. The molecular weight excluding hydrogens is 221 g/mol. The molecule has 2 nitrogen and oxygen atoms in total. The number of aliphatic hydroxyl groups is 1. The standard InChI is InChI=1S/C11H19F3O2/c1-16-8-2-5-10(15)6-3-9(4-7-10)11(12,13)14/h9,15H,2-8H2,1H3. The highest BCUT2D eigenvalue weighted by molar-refractivity contribution is 4.87. The van der Waals surface area contributed by atoms with Crippen LogP contribution < -0.4 is 0 Å². The van der Waals surface area contributed by atoms with Crippen LogP contribution in [0.5, 0.6) is 0 Å². The van der Waals surface area contributed by atoms with Gasteiger partial charge in [0.1, 0.15) is 0 Å². The van der Waals surface area contributed by atoms with E-state index >= 15 is 0 Å². The minimum Gasteiger partial charge on any atom is -0.390 e. The summed E-state index contributed by atoms with van der Waals surface area (Å²) < 4.78 is 42.1. The van der Waals surface area contributed by atoms with Crippen LogP contribution >= 0.6 is 0 Å². The highest BCUT2D eigenvalue weighted by atomic mass is 19.4. The fraction of sp³-hybridized carbons (Fsp3) is 1.00. The Labute approximate surface area is 93.8 Å². The summed E-state index contributed by atoms with van der Waals surface area (Å²) in [6, 6.07) is 0. The number of methoxy groups -OCH3 is 1. The van der Waals surface area contributed by atoms with Crippen LogP contribution in [0.2, 0.25) is 0 Å². The topological polar surface area (TPSA) is 29.5 Å². The summed E-state index contributed by atoms with van der Waals surface area (Å²) >= 11 is 0. The van der Waals surface area contributed by atoms with E-state index < -0.39 is 17.7 Å². The third kappa shape index (κ3) is 3.94. The summed E-state index contributed by atoms with van der Waals surface area (Å²) in [4.78, 5) is 0. The number of halogens is 3.